The van der Waals surface area contributed by atoms with Gasteiger partial charge in [0, 0.05) is 19.0 Å². The Kier molecular flexibility index (Phi) is 13.6. The van der Waals surface area contributed by atoms with E-state index in [0.717, 1.165) is 32.1 Å². The zero-order valence-corrected chi connectivity index (χ0v) is 25.8. The van der Waals surface area contributed by atoms with Crippen molar-refractivity contribution >= 4 is 52.8 Å². The monoisotopic (exact) mass is 614 g/mol. The first kappa shape index (κ1) is 34.6. The number of alkyl halides is 2. The first-order valence-electron chi connectivity index (χ1n) is 14.2. The Morgan fingerprint density at radius 1 is 1.00 bits per heavy atom. The van der Waals surface area contributed by atoms with E-state index in [4.69, 9.17) is 27.9 Å². The fourth-order valence-corrected chi connectivity index (χ4v) is 5.87. The molecular weight excluding hydrogens is 571 g/mol. The molecule has 0 aromatic heterocycles. The molecule has 0 bridgehead atoms. The number of ether oxygens (including phenoxy) is 1. The number of Topliss-reactive ketones (excluding diaryl/α,β-unsaturated/α-hetero) is 1. The Labute approximate surface area is 253 Å². The summed E-state index contributed by atoms with van der Waals surface area (Å²) >= 11 is 12.5. The van der Waals surface area contributed by atoms with Crippen LogP contribution in [0.1, 0.15) is 72.1 Å². The van der Waals surface area contributed by atoms with Crippen LogP contribution in [0.3, 0.4) is 0 Å². The summed E-state index contributed by atoms with van der Waals surface area (Å²) in [6.07, 6.45) is 7.50. The van der Waals surface area contributed by atoms with Crippen molar-refractivity contribution < 1.29 is 28.7 Å². The van der Waals surface area contributed by atoms with Crippen LogP contribution in [0, 0.1) is 11.8 Å². The molecule has 1 aliphatic carbocycles. The largest absolute Gasteiger partial charge is 0.444 e. The third-order valence-electron chi connectivity index (χ3n) is 7.30. The van der Waals surface area contributed by atoms with Gasteiger partial charge in [-0.3, -0.25) is 19.2 Å². The lowest BCUT2D eigenvalue weighted by Crippen LogP contribution is -2.59. The van der Waals surface area contributed by atoms with Gasteiger partial charge in [0.1, 0.15) is 22.5 Å². The van der Waals surface area contributed by atoms with Gasteiger partial charge in [0.25, 0.3) is 5.91 Å². The van der Waals surface area contributed by atoms with Crippen LogP contribution in [-0.2, 0) is 23.9 Å². The second kappa shape index (κ2) is 16.2. The zero-order valence-electron chi connectivity index (χ0n) is 24.3. The molecule has 4 atom stereocenters. The van der Waals surface area contributed by atoms with Crippen LogP contribution in [0.5, 0.6) is 0 Å². The molecule has 3 N–H and O–H groups in total. The van der Waals surface area contributed by atoms with Crippen molar-refractivity contribution in [3.8, 4) is 0 Å². The highest BCUT2D eigenvalue weighted by Gasteiger charge is 2.48. The molecule has 0 radical (unpaired) electrons. The number of allylic oxidation sites excluding steroid dienone is 1. The van der Waals surface area contributed by atoms with Gasteiger partial charge in [-0.15, -0.1) is 36.4 Å². The number of carbonyl (C=O) groups excluding carboxylic acids is 5. The van der Waals surface area contributed by atoms with E-state index in [-0.39, 0.29) is 25.4 Å². The number of carbonyl (C=O) groups is 5. The van der Waals surface area contributed by atoms with Crippen molar-refractivity contribution in [2.45, 2.75) is 101 Å². The highest BCUT2D eigenvalue weighted by Crippen LogP contribution is 2.35. The molecular formula is C29H44Cl2N4O6. The lowest BCUT2D eigenvalue weighted by Gasteiger charge is -2.36. The zero-order chi connectivity index (χ0) is 30.7. The molecule has 1 saturated heterocycles. The van der Waals surface area contributed by atoms with E-state index in [0.29, 0.717) is 12.8 Å². The average molecular weight is 616 g/mol. The minimum atomic E-state index is -1.15. The summed E-state index contributed by atoms with van der Waals surface area (Å²) in [6.45, 7) is 12.6. The maximum atomic E-state index is 14.1. The van der Waals surface area contributed by atoms with Crippen LogP contribution in [0.15, 0.2) is 25.3 Å². The summed E-state index contributed by atoms with van der Waals surface area (Å²) < 4.78 is 5.44. The lowest BCUT2D eigenvalue weighted by molar-refractivity contribution is -0.144. The number of hydrogen-bond donors (Lipinski definition) is 3. The number of ketones is 1. The number of alkyl carbamates (subject to hydrolysis) is 1. The Balaban J connectivity index is 2.34. The molecule has 3 unspecified atom stereocenters. The fourth-order valence-electron chi connectivity index (χ4n) is 5.35. The summed E-state index contributed by atoms with van der Waals surface area (Å²) in [5.74, 6) is -3.52. The second-order valence-electron chi connectivity index (χ2n) is 11.6. The van der Waals surface area contributed by atoms with Gasteiger partial charge >= 0.3 is 6.09 Å². The number of nitrogens with zero attached hydrogens (tertiary/aromatic N) is 1. The molecule has 230 valence electrons. The molecule has 1 saturated carbocycles. The number of hydrogen-bond acceptors (Lipinski definition) is 6. The molecule has 4 amide bonds. The van der Waals surface area contributed by atoms with Gasteiger partial charge in [-0.2, -0.15) is 0 Å². The Morgan fingerprint density at radius 3 is 2.22 bits per heavy atom. The van der Waals surface area contributed by atoms with Gasteiger partial charge < -0.3 is 25.6 Å². The van der Waals surface area contributed by atoms with E-state index < -0.39 is 64.1 Å². The van der Waals surface area contributed by atoms with Crippen molar-refractivity contribution in [1.29, 1.82) is 0 Å². The SMILES string of the molecule is C=CCCC(NC(=O)[C@@H]1C(C(Cl)Cl)CCN1C(=O)C(NC(=O)OC(C)(C)C)C1CCCCC1)C(=O)C(=O)NCC=C. The number of likely N-dealkylation sites (tertiary alicyclic amines) is 1. The number of amides is 4. The summed E-state index contributed by atoms with van der Waals surface area (Å²) in [5.41, 5.74) is -0.763. The summed E-state index contributed by atoms with van der Waals surface area (Å²) in [6, 6.07) is -3.17. The fraction of sp³-hybridized carbons (Fsp3) is 0.690. The van der Waals surface area contributed by atoms with E-state index in [1.54, 1.807) is 26.8 Å². The van der Waals surface area contributed by atoms with E-state index in [2.05, 4.69) is 29.1 Å². The molecule has 2 fully saturated rings. The van der Waals surface area contributed by atoms with Gasteiger partial charge in [-0.05, 0) is 58.8 Å². The molecule has 0 spiro atoms. The van der Waals surface area contributed by atoms with Crippen LogP contribution < -0.4 is 16.0 Å². The summed E-state index contributed by atoms with van der Waals surface area (Å²) in [4.78, 5) is 66.3. The van der Waals surface area contributed by atoms with Crippen LogP contribution in [0.2, 0.25) is 0 Å². The van der Waals surface area contributed by atoms with Crippen molar-refractivity contribution in [3.63, 3.8) is 0 Å². The highest BCUT2D eigenvalue weighted by molar-refractivity contribution is 6.44. The maximum Gasteiger partial charge on any atom is 0.408 e. The van der Waals surface area contributed by atoms with Gasteiger partial charge in [-0.25, -0.2) is 4.79 Å². The highest BCUT2D eigenvalue weighted by atomic mass is 35.5. The molecule has 12 heteroatoms. The van der Waals surface area contributed by atoms with Gasteiger partial charge in [0.2, 0.25) is 17.6 Å². The molecule has 1 heterocycles. The van der Waals surface area contributed by atoms with E-state index in [1.807, 2.05) is 0 Å². The number of halogens is 2. The van der Waals surface area contributed by atoms with Gasteiger partial charge in [-0.1, -0.05) is 31.4 Å². The predicted molar refractivity (Wildman–Crippen MR) is 158 cm³/mol. The third kappa shape index (κ3) is 10.3. The second-order valence-corrected chi connectivity index (χ2v) is 12.7. The van der Waals surface area contributed by atoms with E-state index >= 15 is 0 Å². The molecule has 10 nitrogen and oxygen atoms in total. The topological polar surface area (TPSA) is 134 Å². The van der Waals surface area contributed by atoms with Gasteiger partial charge in [0.15, 0.2) is 0 Å². The maximum absolute atomic E-state index is 14.1. The van der Waals surface area contributed by atoms with E-state index in [1.165, 1.54) is 11.0 Å². The van der Waals surface area contributed by atoms with Crippen molar-refractivity contribution in [2.24, 2.45) is 11.8 Å². The predicted octanol–water partition coefficient (Wildman–Crippen LogP) is 3.80. The third-order valence-corrected chi connectivity index (χ3v) is 7.95. The van der Waals surface area contributed by atoms with Crippen molar-refractivity contribution in [2.75, 3.05) is 13.1 Å². The molecule has 2 rings (SSSR count). The molecule has 1 aliphatic heterocycles. The van der Waals surface area contributed by atoms with Crippen LogP contribution >= 0.6 is 23.2 Å². The van der Waals surface area contributed by atoms with Crippen molar-refractivity contribution in [1.82, 2.24) is 20.9 Å². The van der Waals surface area contributed by atoms with Crippen LogP contribution in [0.25, 0.3) is 0 Å². The smallest absolute Gasteiger partial charge is 0.408 e. The number of nitrogens with one attached hydrogen (secondary N) is 3. The molecule has 41 heavy (non-hydrogen) atoms. The minimum Gasteiger partial charge on any atom is -0.444 e. The standard InChI is InChI=1S/C29H44Cl2N4O6/c1-6-8-14-20(23(36)26(38)32-16-7-2)33-25(37)22-19(24(30)31)15-17-35(22)27(39)21(18-12-10-9-11-13-18)34-28(40)41-29(3,4)5/h6-7,18-22,24H,1-2,8-17H2,3-5H3,(H,32,38)(H,33,37)(H,34,40)/t19?,20?,21?,22-/m0/s1. The first-order valence-corrected chi connectivity index (χ1v) is 15.1. The number of rotatable bonds is 13. The average Bonchev–Trinajstić information content (AvgIpc) is 3.37. The normalized spacial score (nSPS) is 21.0. The Hall–Kier alpha value is -2.59. The minimum absolute atomic E-state index is 0.0903. The van der Waals surface area contributed by atoms with Crippen molar-refractivity contribution in [3.05, 3.63) is 25.3 Å². The molecule has 0 aromatic rings. The summed E-state index contributed by atoms with van der Waals surface area (Å²) in [7, 11) is 0. The van der Waals surface area contributed by atoms with E-state index in [9.17, 15) is 24.0 Å². The quantitative estimate of drug-likeness (QED) is 0.164. The van der Waals surface area contributed by atoms with Crippen LogP contribution in [-0.4, -0.2) is 76.2 Å². The molecule has 2 aliphatic rings. The summed E-state index contributed by atoms with van der Waals surface area (Å²) in [5, 5.41) is 7.86. The van der Waals surface area contributed by atoms with Crippen LogP contribution in [0.4, 0.5) is 4.79 Å². The lowest BCUT2D eigenvalue weighted by atomic mass is 9.83. The van der Waals surface area contributed by atoms with Gasteiger partial charge in [0.05, 0.1) is 6.04 Å². The first-order chi connectivity index (χ1) is 19.3. The molecule has 0 aromatic carbocycles. The Bertz CT molecular complexity index is 977. The Morgan fingerprint density at radius 2 is 1.66 bits per heavy atom.